The van der Waals surface area contributed by atoms with Gasteiger partial charge in [-0.15, -0.1) is 0 Å². The predicted octanol–water partition coefficient (Wildman–Crippen LogP) is 2.73. The van der Waals surface area contributed by atoms with Crippen LogP contribution in [0.1, 0.15) is 30.8 Å². The number of aryl methyl sites for hydroxylation is 1. The molecule has 2 N–H and O–H groups in total. The molecule has 2 unspecified atom stereocenters. The van der Waals surface area contributed by atoms with Crippen LogP contribution in [0.25, 0.3) is 11.0 Å². The van der Waals surface area contributed by atoms with Gasteiger partial charge in [0.2, 0.25) is 0 Å². The molecule has 27 heavy (non-hydrogen) atoms. The molecule has 3 aromatic rings. The highest BCUT2D eigenvalue weighted by atomic mass is 15.3. The molecular weight excluding hydrogens is 338 g/mol. The van der Waals surface area contributed by atoms with Crippen LogP contribution in [0.5, 0.6) is 0 Å². The molecule has 1 aromatic carbocycles. The third-order valence-corrected chi connectivity index (χ3v) is 5.44. The third kappa shape index (κ3) is 3.67. The Morgan fingerprint density at radius 1 is 1.41 bits per heavy atom. The smallest absolute Gasteiger partial charge is 0.194 e. The molecule has 1 aliphatic heterocycles. The molecule has 1 aliphatic rings. The van der Waals surface area contributed by atoms with Crippen LogP contribution in [-0.4, -0.2) is 50.5 Å². The number of imidazole rings is 2. The van der Waals surface area contributed by atoms with Crippen molar-refractivity contribution < 1.29 is 0 Å². The fourth-order valence-corrected chi connectivity index (χ4v) is 3.85. The van der Waals surface area contributed by atoms with Gasteiger partial charge in [-0.05, 0) is 37.0 Å². The van der Waals surface area contributed by atoms with Gasteiger partial charge in [0.1, 0.15) is 5.82 Å². The number of benzene rings is 1. The molecule has 2 aromatic heterocycles. The van der Waals surface area contributed by atoms with E-state index in [1.807, 2.05) is 19.6 Å². The maximum atomic E-state index is 4.67. The number of H-pyrrole nitrogens is 1. The van der Waals surface area contributed by atoms with Gasteiger partial charge < -0.3 is 19.8 Å². The lowest BCUT2D eigenvalue weighted by Gasteiger charge is -2.39. The average Bonchev–Trinajstić information content (AvgIpc) is 3.32. The normalized spacial score (nSPS) is 21.0. The first-order valence-electron chi connectivity index (χ1n) is 9.52. The summed E-state index contributed by atoms with van der Waals surface area (Å²) >= 11 is 0. The minimum Gasteiger partial charge on any atom is -0.349 e. The number of hydrogen-bond donors (Lipinski definition) is 2. The summed E-state index contributed by atoms with van der Waals surface area (Å²) in [6.45, 7) is 6.97. The summed E-state index contributed by atoms with van der Waals surface area (Å²) in [6.07, 6.45) is 6.95. The summed E-state index contributed by atoms with van der Waals surface area (Å²) < 4.78 is 2.21. The van der Waals surface area contributed by atoms with Gasteiger partial charge in [-0.2, -0.15) is 0 Å². The molecule has 3 heterocycles. The third-order valence-electron chi connectivity index (χ3n) is 5.44. The lowest BCUT2D eigenvalue weighted by molar-refractivity contribution is 0.189. The first kappa shape index (κ1) is 17.6. The molecule has 0 saturated carbocycles. The molecule has 0 radical (unpaired) electrons. The quantitative estimate of drug-likeness (QED) is 0.553. The van der Waals surface area contributed by atoms with Crippen LogP contribution in [0.3, 0.4) is 0 Å². The summed E-state index contributed by atoms with van der Waals surface area (Å²) in [5.41, 5.74) is 3.31. The van der Waals surface area contributed by atoms with Crippen molar-refractivity contribution in [3.05, 3.63) is 48.3 Å². The second kappa shape index (κ2) is 7.42. The SMILES string of the molecule is CN=C(NCc1nc2ccc(C)cc2[nH]1)N1CCC(C)C(n2ccnc2)C1. The Balaban J connectivity index is 1.44. The summed E-state index contributed by atoms with van der Waals surface area (Å²) in [6, 6.07) is 6.68. The van der Waals surface area contributed by atoms with Crippen LogP contribution in [0.4, 0.5) is 0 Å². The van der Waals surface area contributed by atoms with Crippen molar-refractivity contribution in [3.63, 3.8) is 0 Å². The fraction of sp³-hybridized carbons (Fsp3) is 0.450. The number of fused-ring (bicyclic) bond motifs is 1. The minimum atomic E-state index is 0.411. The standard InChI is InChI=1S/C20H27N7/c1-14-4-5-16-17(10-14)25-19(24-16)11-23-20(21-3)26-8-6-15(2)18(12-26)27-9-7-22-13-27/h4-5,7,9-10,13,15,18H,6,8,11-12H2,1-3H3,(H,21,23)(H,24,25). The fourth-order valence-electron chi connectivity index (χ4n) is 3.85. The highest BCUT2D eigenvalue weighted by Crippen LogP contribution is 2.27. The molecule has 0 amide bonds. The lowest BCUT2D eigenvalue weighted by atomic mass is 9.93. The number of likely N-dealkylation sites (tertiary alicyclic amines) is 1. The van der Waals surface area contributed by atoms with Gasteiger partial charge in [-0.3, -0.25) is 4.99 Å². The zero-order chi connectivity index (χ0) is 18.8. The number of hydrogen-bond acceptors (Lipinski definition) is 3. The Bertz CT molecular complexity index is 925. The van der Waals surface area contributed by atoms with Gasteiger partial charge in [-0.25, -0.2) is 9.97 Å². The van der Waals surface area contributed by atoms with E-state index in [0.717, 1.165) is 42.3 Å². The Hall–Kier alpha value is -2.83. The number of rotatable bonds is 3. The zero-order valence-electron chi connectivity index (χ0n) is 16.2. The van der Waals surface area contributed by atoms with Crippen LogP contribution in [-0.2, 0) is 6.54 Å². The van der Waals surface area contributed by atoms with E-state index in [1.165, 1.54) is 5.56 Å². The highest BCUT2D eigenvalue weighted by molar-refractivity contribution is 5.80. The van der Waals surface area contributed by atoms with Gasteiger partial charge >= 0.3 is 0 Å². The Labute approximate surface area is 159 Å². The minimum absolute atomic E-state index is 0.411. The van der Waals surface area contributed by atoms with Crippen LogP contribution >= 0.6 is 0 Å². The van der Waals surface area contributed by atoms with Crippen molar-refractivity contribution in [2.45, 2.75) is 32.9 Å². The van der Waals surface area contributed by atoms with E-state index in [9.17, 15) is 0 Å². The van der Waals surface area contributed by atoms with Crippen molar-refractivity contribution in [2.75, 3.05) is 20.1 Å². The van der Waals surface area contributed by atoms with E-state index in [-0.39, 0.29) is 0 Å². The number of nitrogens with one attached hydrogen (secondary N) is 2. The number of aromatic amines is 1. The van der Waals surface area contributed by atoms with E-state index < -0.39 is 0 Å². The Morgan fingerprint density at radius 3 is 3.07 bits per heavy atom. The van der Waals surface area contributed by atoms with E-state index in [4.69, 9.17) is 0 Å². The van der Waals surface area contributed by atoms with Gasteiger partial charge in [0.05, 0.1) is 29.9 Å². The van der Waals surface area contributed by atoms with Gasteiger partial charge in [-0.1, -0.05) is 13.0 Å². The summed E-state index contributed by atoms with van der Waals surface area (Å²) in [5.74, 6) is 2.46. The van der Waals surface area contributed by atoms with Crippen LogP contribution in [0.2, 0.25) is 0 Å². The number of nitrogens with zero attached hydrogens (tertiary/aromatic N) is 5. The van der Waals surface area contributed by atoms with Crippen LogP contribution < -0.4 is 5.32 Å². The van der Waals surface area contributed by atoms with Crippen molar-refractivity contribution >= 4 is 17.0 Å². The van der Waals surface area contributed by atoms with E-state index in [2.05, 4.69) is 73.0 Å². The number of piperidine rings is 1. The Morgan fingerprint density at radius 2 is 2.30 bits per heavy atom. The second-order valence-electron chi connectivity index (χ2n) is 7.39. The topological polar surface area (TPSA) is 74.1 Å². The van der Waals surface area contributed by atoms with E-state index in [0.29, 0.717) is 18.5 Å². The molecule has 0 spiro atoms. The molecule has 1 fully saturated rings. The maximum absolute atomic E-state index is 4.67. The van der Waals surface area contributed by atoms with Crippen LogP contribution in [0, 0.1) is 12.8 Å². The average molecular weight is 365 g/mol. The number of aromatic nitrogens is 4. The largest absolute Gasteiger partial charge is 0.349 e. The molecule has 0 bridgehead atoms. The first-order chi connectivity index (χ1) is 13.1. The van der Waals surface area contributed by atoms with Crippen molar-refractivity contribution in [3.8, 4) is 0 Å². The first-order valence-corrected chi connectivity index (χ1v) is 9.52. The molecule has 1 saturated heterocycles. The second-order valence-corrected chi connectivity index (χ2v) is 7.39. The van der Waals surface area contributed by atoms with Gasteiger partial charge in [0.15, 0.2) is 5.96 Å². The molecular formula is C20H27N7. The maximum Gasteiger partial charge on any atom is 0.194 e. The molecule has 0 aliphatic carbocycles. The van der Waals surface area contributed by atoms with Crippen molar-refractivity contribution in [2.24, 2.45) is 10.9 Å². The summed E-state index contributed by atoms with van der Waals surface area (Å²) in [4.78, 5) is 19.1. The molecule has 7 heteroatoms. The predicted molar refractivity (Wildman–Crippen MR) is 108 cm³/mol. The molecule has 142 valence electrons. The Kier molecular flexibility index (Phi) is 4.83. The lowest BCUT2D eigenvalue weighted by Crippen LogP contribution is -2.48. The van der Waals surface area contributed by atoms with Crippen molar-refractivity contribution in [1.29, 1.82) is 0 Å². The summed E-state index contributed by atoms with van der Waals surface area (Å²) in [5, 5.41) is 3.47. The highest BCUT2D eigenvalue weighted by Gasteiger charge is 2.28. The summed E-state index contributed by atoms with van der Waals surface area (Å²) in [7, 11) is 1.84. The monoisotopic (exact) mass is 365 g/mol. The zero-order valence-corrected chi connectivity index (χ0v) is 16.2. The van der Waals surface area contributed by atoms with Gasteiger partial charge in [0.25, 0.3) is 0 Å². The van der Waals surface area contributed by atoms with E-state index in [1.54, 1.807) is 0 Å². The number of aliphatic imine (C=N–C) groups is 1. The van der Waals surface area contributed by atoms with Crippen molar-refractivity contribution in [1.82, 2.24) is 29.7 Å². The van der Waals surface area contributed by atoms with Crippen LogP contribution in [0.15, 0.2) is 41.9 Å². The molecule has 2 atom stereocenters. The number of guanidine groups is 1. The van der Waals surface area contributed by atoms with E-state index >= 15 is 0 Å². The molecule has 7 nitrogen and oxygen atoms in total. The molecule has 4 rings (SSSR count). The van der Waals surface area contributed by atoms with Gasteiger partial charge in [0, 0.05) is 32.5 Å².